The van der Waals surface area contributed by atoms with Gasteiger partial charge in [-0.3, -0.25) is 4.90 Å². The van der Waals surface area contributed by atoms with Crippen molar-refractivity contribution >= 4 is 17.6 Å². The van der Waals surface area contributed by atoms with E-state index >= 15 is 0 Å². The van der Waals surface area contributed by atoms with Crippen LogP contribution in [0.25, 0.3) is 0 Å². The second kappa shape index (κ2) is 10.8. The molecule has 2 saturated heterocycles. The lowest BCUT2D eigenvalue weighted by Gasteiger charge is -2.41. The molecule has 0 radical (unpaired) electrons. The number of ether oxygens (including phenoxy) is 1. The normalized spacial score (nSPS) is 23.8. The van der Waals surface area contributed by atoms with E-state index in [1.807, 2.05) is 4.90 Å². The number of rotatable bonds is 6. The third-order valence-electron chi connectivity index (χ3n) is 9.09. The minimum atomic E-state index is -4.49. The molecule has 1 amide bonds. The zero-order chi connectivity index (χ0) is 29.6. The van der Waals surface area contributed by atoms with Crippen LogP contribution in [0.5, 0.6) is 6.01 Å². The van der Waals surface area contributed by atoms with Crippen LogP contribution in [0.2, 0.25) is 0 Å². The van der Waals surface area contributed by atoms with Gasteiger partial charge in [0.25, 0.3) is 0 Å². The van der Waals surface area contributed by atoms with E-state index < -0.39 is 23.9 Å². The number of nitriles is 1. The minimum absolute atomic E-state index is 0.0402. The highest BCUT2D eigenvalue weighted by atomic mass is 19.4. The summed E-state index contributed by atoms with van der Waals surface area (Å²) >= 11 is 0. The van der Waals surface area contributed by atoms with Crippen LogP contribution < -0.4 is 14.5 Å². The number of anilines is 2. The fourth-order valence-corrected chi connectivity index (χ4v) is 6.85. The van der Waals surface area contributed by atoms with Crippen molar-refractivity contribution in [2.75, 3.05) is 49.6 Å². The number of nitrogens with zero attached hydrogens (tertiary/aromatic N) is 7. The molecule has 3 fully saturated rings. The summed E-state index contributed by atoms with van der Waals surface area (Å²) in [7, 11) is 2.09. The molecule has 6 rings (SSSR count). The lowest BCUT2D eigenvalue weighted by Crippen LogP contribution is -2.55. The molecule has 4 aliphatic rings. The zero-order valence-electron chi connectivity index (χ0n) is 23.5. The van der Waals surface area contributed by atoms with Crippen molar-refractivity contribution in [1.29, 1.82) is 5.26 Å². The predicted molar refractivity (Wildman–Crippen MR) is 147 cm³/mol. The molecular weight excluding hydrogens is 551 g/mol. The van der Waals surface area contributed by atoms with E-state index in [9.17, 15) is 28.3 Å². The van der Waals surface area contributed by atoms with E-state index in [0.717, 1.165) is 43.9 Å². The van der Waals surface area contributed by atoms with Crippen LogP contribution in [0.4, 0.5) is 29.5 Å². The number of carboxylic acid groups (broad SMARTS) is 1. The van der Waals surface area contributed by atoms with Crippen molar-refractivity contribution in [2.45, 2.75) is 68.9 Å². The number of para-hydroxylation sites is 1. The van der Waals surface area contributed by atoms with Gasteiger partial charge in [0.05, 0.1) is 36.3 Å². The number of hydrogen-bond donors (Lipinski definition) is 1. The van der Waals surface area contributed by atoms with E-state index in [0.29, 0.717) is 31.0 Å². The number of carbonyl (C=O) groups is 1. The quantitative estimate of drug-likeness (QED) is 0.535. The van der Waals surface area contributed by atoms with Crippen LogP contribution in [-0.2, 0) is 19.1 Å². The summed E-state index contributed by atoms with van der Waals surface area (Å²) in [4.78, 5) is 28.8. The third kappa shape index (κ3) is 5.28. The van der Waals surface area contributed by atoms with Crippen LogP contribution in [0.1, 0.15) is 48.9 Å². The second-order valence-electron chi connectivity index (χ2n) is 11.7. The fraction of sp³-hybridized carbons (Fsp3) is 0.586. The Morgan fingerprint density at radius 2 is 1.95 bits per heavy atom. The Labute approximate surface area is 242 Å². The molecule has 2 atom stereocenters. The number of fused-ring (bicyclic) bond motifs is 1. The number of halogens is 3. The zero-order valence-corrected chi connectivity index (χ0v) is 23.5. The molecule has 0 spiro atoms. The minimum Gasteiger partial charge on any atom is -0.465 e. The first-order valence-corrected chi connectivity index (χ1v) is 14.4. The van der Waals surface area contributed by atoms with E-state index in [-0.39, 0.29) is 49.4 Å². The second-order valence-corrected chi connectivity index (χ2v) is 11.7. The maximum atomic E-state index is 13.9. The standard InChI is InChI=1S/C29H34F3N7O3/c1-36-13-4-7-24(36)28(10-11-28)42-26-34-22-18-37(23-6-3-2-5-21(23)29(30,31)32)14-9-20(22)25(35-26)38-15-16-39(27(40)41)19(17-38)8-12-33/h2-3,5-6,19,24H,4,7-11,13-18H2,1H3,(H,40,41). The van der Waals surface area contributed by atoms with E-state index in [1.165, 1.54) is 17.0 Å². The lowest BCUT2D eigenvalue weighted by atomic mass is 10.0. The van der Waals surface area contributed by atoms with Crippen molar-refractivity contribution in [3.8, 4) is 12.1 Å². The molecule has 0 bridgehead atoms. The van der Waals surface area contributed by atoms with Gasteiger partial charge < -0.3 is 24.5 Å². The van der Waals surface area contributed by atoms with Crippen molar-refractivity contribution < 1.29 is 27.8 Å². The van der Waals surface area contributed by atoms with E-state index in [2.05, 4.69) is 18.0 Å². The highest BCUT2D eigenvalue weighted by Crippen LogP contribution is 2.48. The Morgan fingerprint density at radius 1 is 1.17 bits per heavy atom. The molecule has 1 aliphatic carbocycles. The van der Waals surface area contributed by atoms with Gasteiger partial charge in [-0.2, -0.15) is 28.4 Å². The summed E-state index contributed by atoms with van der Waals surface area (Å²) in [6.07, 6.45) is -1.25. The number of likely N-dealkylation sites (tertiary alicyclic amines) is 1. The average molecular weight is 586 g/mol. The highest BCUT2D eigenvalue weighted by molar-refractivity contribution is 5.66. The molecule has 42 heavy (non-hydrogen) atoms. The molecule has 1 aromatic heterocycles. The molecule has 10 nitrogen and oxygen atoms in total. The number of piperazine rings is 1. The van der Waals surface area contributed by atoms with Gasteiger partial charge in [-0.05, 0) is 57.8 Å². The number of benzene rings is 1. The molecule has 13 heteroatoms. The van der Waals surface area contributed by atoms with Crippen molar-refractivity contribution in [3.63, 3.8) is 0 Å². The topological polar surface area (TPSA) is 109 Å². The number of aromatic nitrogens is 2. The lowest BCUT2D eigenvalue weighted by molar-refractivity contribution is -0.137. The first kappa shape index (κ1) is 28.3. The molecule has 1 saturated carbocycles. The van der Waals surface area contributed by atoms with Crippen LogP contribution in [0, 0.1) is 11.3 Å². The summed E-state index contributed by atoms with van der Waals surface area (Å²) in [5.41, 5.74) is 0.453. The molecule has 1 aromatic carbocycles. The van der Waals surface area contributed by atoms with Gasteiger partial charge in [0.1, 0.15) is 11.4 Å². The van der Waals surface area contributed by atoms with Gasteiger partial charge in [0.15, 0.2) is 0 Å². The predicted octanol–water partition coefficient (Wildman–Crippen LogP) is 4.15. The first-order valence-electron chi connectivity index (χ1n) is 14.4. The van der Waals surface area contributed by atoms with Gasteiger partial charge in [-0.15, -0.1) is 0 Å². The summed E-state index contributed by atoms with van der Waals surface area (Å²) < 4.78 is 48.2. The summed E-state index contributed by atoms with van der Waals surface area (Å²) in [5, 5.41) is 19.0. The van der Waals surface area contributed by atoms with Gasteiger partial charge in [0.2, 0.25) is 0 Å². The monoisotopic (exact) mass is 585 g/mol. The first-order chi connectivity index (χ1) is 20.1. The fourth-order valence-electron chi connectivity index (χ4n) is 6.85. The Bertz CT molecular complexity index is 1390. The average Bonchev–Trinajstić information content (AvgIpc) is 3.60. The number of alkyl halides is 3. The molecule has 4 heterocycles. The van der Waals surface area contributed by atoms with Crippen molar-refractivity contribution in [1.82, 2.24) is 19.8 Å². The van der Waals surface area contributed by atoms with Crippen molar-refractivity contribution in [3.05, 3.63) is 41.1 Å². The van der Waals surface area contributed by atoms with E-state index in [1.54, 1.807) is 11.0 Å². The maximum Gasteiger partial charge on any atom is 0.418 e. The molecule has 1 N–H and O–H groups in total. The maximum absolute atomic E-state index is 13.9. The third-order valence-corrected chi connectivity index (χ3v) is 9.09. The Kier molecular flexibility index (Phi) is 7.29. The van der Waals surface area contributed by atoms with E-state index in [4.69, 9.17) is 14.7 Å². The van der Waals surface area contributed by atoms with Gasteiger partial charge in [0, 0.05) is 43.5 Å². The molecular formula is C29H34F3N7O3. The summed E-state index contributed by atoms with van der Waals surface area (Å²) in [6, 6.07) is 7.58. The van der Waals surface area contributed by atoms with Gasteiger partial charge in [-0.25, -0.2) is 4.79 Å². The van der Waals surface area contributed by atoms with Crippen LogP contribution >= 0.6 is 0 Å². The number of likely N-dealkylation sites (N-methyl/N-ethyl adjacent to an activating group) is 1. The summed E-state index contributed by atoms with van der Waals surface area (Å²) in [5.74, 6) is 0.613. The highest BCUT2D eigenvalue weighted by Gasteiger charge is 2.55. The van der Waals surface area contributed by atoms with Crippen molar-refractivity contribution in [2.24, 2.45) is 0 Å². The van der Waals surface area contributed by atoms with Gasteiger partial charge >= 0.3 is 18.3 Å². The smallest absolute Gasteiger partial charge is 0.418 e. The van der Waals surface area contributed by atoms with Crippen LogP contribution in [0.15, 0.2) is 24.3 Å². The SMILES string of the molecule is CN1CCCC1C1(Oc2nc3c(c(N4CCN(C(=O)O)C(CC#N)C4)n2)CCN(c2ccccc2C(F)(F)F)C3)CC1. The van der Waals surface area contributed by atoms with Crippen LogP contribution in [0.3, 0.4) is 0 Å². The molecule has 2 aromatic rings. The largest absolute Gasteiger partial charge is 0.465 e. The molecule has 3 aliphatic heterocycles. The number of amides is 1. The van der Waals surface area contributed by atoms with Gasteiger partial charge in [-0.1, -0.05) is 12.1 Å². The molecule has 2 unspecified atom stereocenters. The summed E-state index contributed by atoms with van der Waals surface area (Å²) in [6.45, 7) is 2.34. The Hall–Kier alpha value is -3.79. The van der Waals surface area contributed by atoms with Crippen LogP contribution in [-0.4, -0.2) is 88.4 Å². The number of hydrogen-bond acceptors (Lipinski definition) is 8. The Morgan fingerprint density at radius 3 is 2.62 bits per heavy atom. The Balaban J connectivity index is 1.36. The molecule has 224 valence electrons.